The fourth-order valence-electron chi connectivity index (χ4n) is 1.99. The number of aromatic nitrogens is 3. The van der Waals surface area contributed by atoms with Crippen LogP contribution in [-0.4, -0.2) is 21.4 Å². The number of unbranched alkanes of at least 4 members (excludes halogenated alkanes) is 1. The second-order valence-corrected chi connectivity index (χ2v) is 6.52. The maximum atomic E-state index is 6.28. The van der Waals surface area contributed by atoms with Gasteiger partial charge in [-0.05, 0) is 36.0 Å². The molecule has 21 heavy (non-hydrogen) atoms. The van der Waals surface area contributed by atoms with E-state index in [0.717, 1.165) is 25.1 Å². The molecule has 0 spiro atoms. The zero-order valence-electron chi connectivity index (χ0n) is 12.8. The van der Waals surface area contributed by atoms with E-state index in [-0.39, 0.29) is 5.41 Å². The molecule has 0 N–H and O–H groups in total. The Morgan fingerprint density at radius 2 is 2.05 bits per heavy atom. The summed E-state index contributed by atoms with van der Waals surface area (Å²) in [4.78, 5) is 3.91. The molecule has 0 amide bonds. The highest BCUT2D eigenvalue weighted by molar-refractivity contribution is 6.32. The lowest BCUT2D eigenvalue weighted by molar-refractivity contribution is 0.302. The Bertz CT molecular complexity index is 561. The van der Waals surface area contributed by atoms with Gasteiger partial charge in [-0.1, -0.05) is 38.4 Å². The summed E-state index contributed by atoms with van der Waals surface area (Å²) < 4.78 is 7.57. The number of aryl methyl sites for hydroxylation is 1. The Morgan fingerprint density at radius 1 is 1.24 bits per heavy atom. The van der Waals surface area contributed by atoms with Crippen molar-refractivity contribution in [3.8, 4) is 5.75 Å². The first kappa shape index (κ1) is 15.8. The third-order valence-electron chi connectivity index (χ3n) is 3.30. The van der Waals surface area contributed by atoms with Crippen molar-refractivity contribution in [2.24, 2.45) is 0 Å². The average Bonchev–Trinajstić information content (AvgIpc) is 2.92. The molecule has 5 heteroatoms. The summed E-state index contributed by atoms with van der Waals surface area (Å²) in [5.41, 5.74) is 1.31. The van der Waals surface area contributed by atoms with Crippen molar-refractivity contribution in [2.75, 3.05) is 6.61 Å². The van der Waals surface area contributed by atoms with Gasteiger partial charge in [0.05, 0.1) is 11.6 Å². The maximum absolute atomic E-state index is 6.28. The second kappa shape index (κ2) is 6.94. The van der Waals surface area contributed by atoms with Crippen LogP contribution >= 0.6 is 11.6 Å². The van der Waals surface area contributed by atoms with E-state index in [2.05, 4.69) is 36.9 Å². The summed E-state index contributed by atoms with van der Waals surface area (Å²) in [6.45, 7) is 8.03. The summed E-state index contributed by atoms with van der Waals surface area (Å²) in [5, 5.41) is 4.74. The first-order valence-corrected chi connectivity index (χ1v) is 7.60. The van der Waals surface area contributed by atoms with Gasteiger partial charge in [0.15, 0.2) is 0 Å². The minimum atomic E-state index is 0.0972. The quantitative estimate of drug-likeness (QED) is 0.755. The van der Waals surface area contributed by atoms with E-state index in [1.165, 1.54) is 5.56 Å². The number of benzene rings is 1. The van der Waals surface area contributed by atoms with Gasteiger partial charge in [-0.3, -0.25) is 4.68 Å². The number of nitrogens with zero attached hydrogens (tertiary/aromatic N) is 3. The number of ether oxygens (including phenoxy) is 1. The predicted octanol–water partition coefficient (Wildman–Crippen LogP) is 4.09. The molecule has 0 radical (unpaired) electrons. The van der Waals surface area contributed by atoms with E-state index in [9.17, 15) is 0 Å². The van der Waals surface area contributed by atoms with Gasteiger partial charge < -0.3 is 4.74 Å². The van der Waals surface area contributed by atoms with Crippen LogP contribution in [0.5, 0.6) is 5.75 Å². The topological polar surface area (TPSA) is 39.9 Å². The molecule has 4 nitrogen and oxygen atoms in total. The molecule has 1 heterocycles. The molecule has 0 saturated heterocycles. The third kappa shape index (κ3) is 4.74. The SMILES string of the molecule is CC(C)(C)c1ccc(OCCCCn2cncn2)c(Cl)c1. The van der Waals surface area contributed by atoms with Gasteiger partial charge in [0.1, 0.15) is 18.4 Å². The monoisotopic (exact) mass is 307 g/mol. The number of halogens is 1. The Morgan fingerprint density at radius 3 is 2.67 bits per heavy atom. The fourth-order valence-corrected chi connectivity index (χ4v) is 2.23. The summed E-state index contributed by atoms with van der Waals surface area (Å²) >= 11 is 6.28. The second-order valence-electron chi connectivity index (χ2n) is 6.11. The van der Waals surface area contributed by atoms with E-state index in [0.29, 0.717) is 11.6 Å². The van der Waals surface area contributed by atoms with Crippen molar-refractivity contribution in [2.45, 2.75) is 45.6 Å². The molecule has 1 aromatic carbocycles. The van der Waals surface area contributed by atoms with Crippen LogP contribution in [0, 0.1) is 0 Å². The molecule has 2 aromatic rings. The van der Waals surface area contributed by atoms with Gasteiger partial charge in [-0.2, -0.15) is 5.10 Å². The minimum absolute atomic E-state index is 0.0972. The first-order chi connectivity index (χ1) is 9.97. The smallest absolute Gasteiger partial charge is 0.137 e. The zero-order valence-corrected chi connectivity index (χ0v) is 13.6. The summed E-state index contributed by atoms with van der Waals surface area (Å²) in [6, 6.07) is 6.03. The summed E-state index contributed by atoms with van der Waals surface area (Å²) in [6.07, 6.45) is 5.23. The molecule has 2 rings (SSSR count). The molecule has 0 aliphatic carbocycles. The van der Waals surface area contributed by atoms with Gasteiger partial charge in [0.2, 0.25) is 0 Å². The highest BCUT2D eigenvalue weighted by atomic mass is 35.5. The van der Waals surface area contributed by atoms with Crippen LogP contribution in [-0.2, 0) is 12.0 Å². The molecule has 0 aliphatic heterocycles. The lowest BCUT2D eigenvalue weighted by Gasteiger charge is -2.20. The Hall–Kier alpha value is -1.55. The van der Waals surface area contributed by atoms with Gasteiger partial charge >= 0.3 is 0 Å². The predicted molar refractivity (Wildman–Crippen MR) is 84.9 cm³/mol. The van der Waals surface area contributed by atoms with Crippen molar-refractivity contribution in [3.63, 3.8) is 0 Å². The van der Waals surface area contributed by atoms with Gasteiger partial charge in [-0.25, -0.2) is 4.98 Å². The number of hydrogen-bond donors (Lipinski definition) is 0. The van der Waals surface area contributed by atoms with Crippen LogP contribution in [0.3, 0.4) is 0 Å². The van der Waals surface area contributed by atoms with Gasteiger partial charge in [0.25, 0.3) is 0 Å². The van der Waals surface area contributed by atoms with Crippen LogP contribution in [0.25, 0.3) is 0 Å². The fraction of sp³-hybridized carbons (Fsp3) is 0.500. The Labute approximate surface area is 131 Å². The molecule has 0 fully saturated rings. The van der Waals surface area contributed by atoms with E-state index in [1.807, 2.05) is 16.8 Å². The summed E-state index contributed by atoms with van der Waals surface area (Å²) in [5.74, 6) is 0.755. The van der Waals surface area contributed by atoms with Crippen LogP contribution in [0.1, 0.15) is 39.2 Å². The van der Waals surface area contributed by atoms with E-state index >= 15 is 0 Å². The van der Waals surface area contributed by atoms with Crippen LogP contribution in [0.2, 0.25) is 5.02 Å². The maximum Gasteiger partial charge on any atom is 0.137 e. The molecule has 114 valence electrons. The van der Waals surface area contributed by atoms with E-state index < -0.39 is 0 Å². The summed E-state index contributed by atoms with van der Waals surface area (Å²) in [7, 11) is 0. The van der Waals surface area contributed by atoms with Crippen molar-refractivity contribution in [3.05, 3.63) is 41.4 Å². The molecular weight excluding hydrogens is 286 g/mol. The van der Waals surface area contributed by atoms with Crippen molar-refractivity contribution in [1.82, 2.24) is 14.8 Å². The third-order valence-corrected chi connectivity index (χ3v) is 3.60. The van der Waals surface area contributed by atoms with Crippen molar-refractivity contribution in [1.29, 1.82) is 0 Å². The largest absolute Gasteiger partial charge is 0.492 e. The number of rotatable bonds is 6. The standard InChI is InChI=1S/C16H22ClN3O/c1-16(2,3)13-6-7-15(14(17)10-13)21-9-5-4-8-20-12-18-11-19-20/h6-7,10-12H,4-5,8-9H2,1-3H3. The first-order valence-electron chi connectivity index (χ1n) is 7.22. The molecular formula is C16H22ClN3O. The normalized spacial score (nSPS) is 11.6. The van der Waals surface area contributed by atoms with E-state index in [4.69, 9.17) is 16.3 Å². The zero-order chi connectivity index (χ0) is 15.3. The van der Waals surface area contributed by atoms with Crippen LogP contribution in [0.4, 0.5) is 0 Å². The molecule has 0 bridgehead atoms. The molecule has 0 atom stereocenters. The van der Waals surface area contributed by atoms with E-state index in [1.54, 1.807) is 12.7 Å². The average molecular weight is 308 g/mol. The van der Waals surface area contributed by atoms with Crippen molar-refractivity contribution < 1.29 is 4.74 Å². The van der Waals surface area contributed by atoms with Gasteiger partial charge in [0, 0.05) is 6.54 Å². The van der Waals surface area contributed by atoms with Crippen molar-refractivity contribution >= 4 is 11.6 Å². The van der Waals surface area contributed by atoms with Crippen LogP contribution < -0.4 is 4.74 Å². The van der Waals surface area contributed by atoms with Gasteiger partial charge in [-0.15, -0.1) is 0 Å². The highest BCUT2D eigenvalue weighted by Crippen LogP contribution is 2.31. The highest BCUT2D eigenvalue weighted by Gasteiger charge is 2.15. The molecule has 0 saturated carbocycles. The Balaban J connectivity index is 1.78. The minimum Gasteiger partial charge on any atom is -0.492 e. The molecule has 0 aliphatic rings. The van der Waals surface area contributed by atoms with Crippen LogP contribution in [0.15, 0.2) is 30.9 Å². The number of hydrogen-bond acceptors (Lipinski definition) is 3. The Kier molecular flexibility index (Phi) is 5.23. The lowest BCUT2D eigenvalue weighted by Crippen LogP contribution is -2.11. The molecule has 0 unspecified atom stereocenters. The lowest BCUT2D eigenvalue weighted by atomic mass is 9.87. The molecule has 1 aromatic heterocycles.